The molecule has 3 aromatic rings. The Labute approximate surface area is 221 Å². The second kappa shape index (κ2) is 12.3. The lowest BCUT2D eigenvalue weighted by atomic mass is 10.1. The van der Waals surface area contributed by atoms with Gasteiger partial charge in [-0.25, -0.2) is 8.42 Å². The number of ether oxygens (including phenoxy) is 1. The van der Waals surface area contributed by atoms with Gasteiger partial charge in [-0.2, -0.15) is 0 Å². The first-order valence-corrected chi connectivity index (χ1v) is 14.5. The maximum Gasteiger partial charge on any atom is 0.264 e. The highest BCUT2D eigenvalue weighted by atomic mass is 79.9. The summed E-state index contributed by atoms with van der Waals surface area (Å²) in [5.74, 6) is 0.708. The van der Waals surface area contributed by atoms with E-state index in [2.05, 4.69) is 20.8 Å². The van der Waals surface area contributed by atoms with E-state index in [4.69, 9.17) is 16.3 Å². The lowest BCUT2D eigenvalue weighted by Gasteiger charge is -2.27. The van der Waals surface area contributed by atoms with Gasteiger partial charge in [0.25, 0.3) is 10.0 Å². The van der Waals surface area contributed by atoms with E-state index in [0.29, 0.717) is 23.1 Å². The van der Waals surface area contributed by atoms with Gasteiger partial charge in [0.05, 0.1) is 23.7 Å². The summed E-state index contributed by atoms with van der Waals surface area (Å²) in [6.45, 7) is 4.10. The van der Waals surface area contributed by atoms with Gasteiger partial charge in [0.2, 0.25) is 0 Å². The van der Waals surface area contributed by atoms with Crippen molar-refractivity contribution in [1.82, 2.24) is 4.90 Å². The summed E-state index contributed by atoms with van der Waals surface area (Å²) in [5.41, 5.74) is 1.38. The zero-order valence-corrected chi connectivity index (χ0v) is 22.7. The molecule has 0 aliphatic carbocycles. The fourth-order valence-corrected chi connectivity index (χ4v) is 6.07. The van der Waals surface area contributed by atoms with E-state index < -0.39 is 10.0 Å². The maximum atomic E-state index is 13.7. The van der Waals surface area contributed by atoms with Crippen LogP contribution in [0, 0.1) is 0 Å². The maximum absolute atomic E-state index is 13.7. The molecule has 4 rings (SSSR count). The van der Waals surface area contributed by atoms with Gasteiger partial charge in [0.1, 0.15) is 5.75 Å². The molecule has 0 radical (unpaired) electrons. The van der Waals surface area contributed by atoms with Gasteiger partial charge in [0.15, 0.2) is 0 Å². The average Bonchev–Trinajstić information content (AvgIpc) is 2.87. The number of hydrogen-bond acceptors (Lipinski definition) is 4. The summed E-state index contributed by atoms with van der Waals surface area (Å²) in [7, 11) is -3.84. The van der Waals surface area contributed by atoms with E-state index in [-0.39, 0.29) is 11.4 Å². The predicted molar refractivity (Wildman–Crippen MR) is 146 cm³/mol. The minimum Gasteiger partial charge on any atom is -0.493 e. The highest BCUT2D eigenvalue weighted by molar-refractivity contribution is 9.10. The number of piperidine rings is 1. The molecule has 35 heavy (non-hydrogen) atoms. The van der Waals surface area contributed by atoms with Crippen molar-refractivity contribution in [2.75, 3.05) is 30.5 Å². The Morgan fingerprint density at radius 3 is 2.31 bits per heavy atom. The number of hydrogen-bond donors (Lipinski definition) is 0. The normalized spacial score (nSPS) is 14.6. The molecule has 0 bridgehead atoms. The van der Waals surface area contributed by atoms with Crippen molar-refractivity contribution in [2.45, 2.75) is 37.1 Å². The zero-order valence-electron chi connectivity index (χ0n) is 19.6. The van der Waals surface area contributed by atoms with Crippen LogP contribution < -0.4 is 9.04 Å². The Morgan fingerprint density at radius 2 is 1.60 bits per heavy atom. The van der Waals surface area contributed by atoms with Crippen LogP contribution in [0.15, 0.2) is 82.2 Å². The Balaban J connectivity index is 1.54. The number of anilines is 1. The molecule has 1 saturated heterocycles. The first-order valence-electron chi connectivity index (χ1n) is 11.9. The van der Waals surface area contributed by atoms with Crippen LogP contribution in [0.2, 0.25) is 5.02 Å². The van der Waals surface area contributed by atoms with E-state index in [1.165, 1.54) is 48.8 Å². The topological polar surface area (TPSA) is 49.9 Å². The summed E-state index contributed by atoms with van der Waals surface area (Å²) in [6, 6.07) is 21.2. The first-order chi connectivity index (χ1) is 16.9. The Morgan fingerprint density at radius 1 is 0.914 bits per heavy atom. The van der Waals surface area contributed by atoms with Gasteiger partial charge in [-0.1, -0.05) is 52.2 Å². The summed E-state index contributed by atoms with van der Waals surface area (Å²) >= 11 is 9.44. The van der Waals surface area contributed by atoms with Crippen molar-refractivity contribution < 1.29 is 13.2 Å². The van der Waals surface area contributed by atoms with Crippen LogP contribution in [0.25, 0.3) is 0 Å². The summed E-state index contributed by atoms with van der Waals surface area (Å²) < 4.78 is 35.8. The fraction of sp³-hybridized carbons (Fsp3) is 0.333. The lowest BCUT2D eigenvalue weighted by molar-refractivity contribution is 0.204. The third-order valence-corrected chi connectivity index (χ3v) is 8.70. The Hall–Kier alpha value is -2.06. The number of halogens is 2. The van der Waals surface area contributed by atoms with E-state index in [9.17, 15) is 8.42 Å². The highest BCUT2D eigenvalue weighted by Crippen LogP contribution is 2.30. The Kier molecular flexibility index (Phi) is 9.11. The van der Waals surface area contributed by atoms with Gasteiger partial charge >= 0.3 is 0 Å². The molecule has 0 saturated carbocycles. The third kappa shape index (κ3) is 7.00. The molecule has 1 fully saturated rings. The van der Waals surface area contributed by atoms with Crippen molar-refractivity contribution >= 4 is 43.2 Å². The summed E-state index contributed by atoms with van der Waals surface area (Å²) in [4.78, 5) is 2.68. The van der Waals surface area contributed by atoms with Gasteiger partial charge in [-0.15, -0.1) is 0 Å². The minimum atomic E-state index is -3.84. The van der Waals surface area contributed by atoms with Gasteiger partial charge < -0.3 is 9.64 Å². The van der Waals surface area contributed by atoms with Gasteiger partial charge in [-0.3, -0.25) is 4.31 Å². The molecule has 0 amide bonds. The first kappa shape index (κ1) is 26.0. The van der Waals surface area contributed by atoms with Crippen molar-refractivity contribution in [3.05, 3.63) is 87.9 Å². The number of nitrogens with zero attached hydrogens (tertiary/aromatic N) is 2. The molecule has 186 valence electrons. The molecule has 1 aliphatic heterocycles. The van der Waals surface area contributed by atoms with E-state index >= 15 is 0 Å². The van der Waals surface area contributed by atoms with Gasteiger partial charge in [-0.05, 0) is 86.9 Å². The molecule has 0 aromatic heterocycles. The average molecular weight is 578 g/mol. The predicted octanol–water partition coefficient (Wildman–Crippen LogP) is 6.75. The molecular weight excluding hydrogens is 548 g/mol. The molecule has 0 unspecified atom stereocenters. The van der Waals surface area contributed by atoms with E-state index in [1.807, 2.05) is 36.4 Å². The number of rotatable bonds is 10. The monoisotopic (exact) mass is 576 g/mol. The number of sulfonamides is 1. The van der Waals surface area contributed by atoms with Crippen molar-refractivity contribution in [1.29, 1.82) is 0 Å². The minimum absolute atomic E-state index is 0.148. The van der Waals surface area contributed by atoms with Crippen LogP contribution in [0.1, 0.15) is 31.2 Å². The van der Waals surface area contributed by atoms with Crippen LogP contribution in [0.4, 0.5) is 5.69 Å². The van der Waals surface area contributed by atoms with Crippen molar-refractivity contribution in [3.8, 4) is 5.75 Å². The fourth-order valence-electron chi connectivity index (χ4n) is 4.24. The van der Waals surface area contributed by atoms with E-state index in [1.54, 1.807) is 24.3 Å². The molecule has 8 heteroatoms. The number of benzene rings is 3. The molecule has 3 aromatic carbocycles. The second-order valence-corrected chi connectivity index (χ2v) is 11.9. The quantitative estimate of drug-likeness (QED) is 0.250. The van der Waals surface area contributed by atoms with Crippen LogP contribution in [0.3, 0.4) is 0 Å². The second-order valence-electron chi connectivity index (χ2n) is 8.65. The number of likely N-dealkylation sites (tertiary alicyclic amines) is 1. The number of para-hydroxylation sites is 1. The molecular formula is C27H30BrClN2O3S. The van der Waals surface area contributed by atoms with Crippen molar-refractivity contribution in [2.24, 2.45) is 0 Å². The highest BCUT2D eigenvalue weighted by Gasteiger charge is 2.26. The van der Waals surface area contributed by atoms with E-state index in [0.717, 1.165) is 23.0 Å². The van der Waals surface area contributed by atoms with Crippen LogP contribution in [-0.2, 0) is 16.6 Å². The molecule has 1 heterocycles. The van der Waals surface area contributed by atoms with Gasteiger partial charge in [0, 0.05) is 21.6 Å². The molecule has 0 N–H and O–H groups in total. The standard InChI is InChI=1S/C27H30BrClN2O3S/c28-23-9-13-25(14-10-23)31(35(32,33)26-15-11-24(29)12-16-26)21-22-7-2-3-8-27(22)34-20-6-19-30-17-4-1-5-18-30/h2-3,7-16H,1,4-6,17-21H2. The molecule has 0 spiro atoms. The largest absolute Gasteiger partial charge is 0.493 e. The summed E-state index contributed by atoms with van der Waals surface area (Å²) in [5, 5.41) is 0.488. The Bertz CT molecular complexity index is 1200. The molecule has 1 aliphatic rings. The third-order valence-electron chi connectivity index (χ3n) is 6.13. The van der Waals surface area contributed by atoms with Crippen LogP contribution in [-0.4, -0.2) is 39.6 Å². The SMILES string of the molecule is O=S(=O)(c1ccc(Cl)cc1)N(Cc1ccccc1OCCCN1CCCCC1)c1ccc(Br)cc1. The molecule has 5 nitrogen and oxygen atoms in total. The molecule has 0 atom stereocenters. The van der Waals surface area contributed by atoms with Crippen molar-refractivity contribution in [3.63, 3.8) is 0 Å². The smallest absolute Gasteiger partial charge is 0.264 e. The lowest BCUT2D eigenvalue weighted by Crippen LogP contribution is -2.31. The zero-order chi connectivity index (χ0) is 24.7. The van der Waals surface area contributed by atoms with Crippen LogP contribution >= 0.6 is 27.5 Å². The van der Waals surface area contributed by atoms with Crippen LogP contribution in [0.5, 0.6) is 5.75 Å². The summed E-state index contributed by atoms with van der Waals surface area (Å²) in [6.07, 6.45) is 4.82.